The third-order valence-electron chi connectivity index (χ3n) is 2.50. The van der Waals surface area contributed by atoms with Crippen LogP contribution in [0, 0.1) is 0 Å². The smallest absolute Gasteiger partial charge is 0.262 e. The van der Waals surface area contributed by atoms with Crippen LogP contribution in [-0.2, 0) is 11.3 Å². The van der Waals surface area contributed by atoms with Crippen molar-refractivity contribution in [2.75, 3.05) is 13.1 Å². The second-order valence-corrected chi connectivity index (χ2v) is 4.67. The SMILES string of the molecule is NCCNC(=O)CCn1cnc2sccc2c1=O. The number of aryl methyl sites for hydroxylation is 1. The summed E-state index contributed by atoms with van der Waals surface area (Å²) in [6, 6.07) is 1.75. The number of fused-ring (bicyclic) bond motifs is 1. The molecule has 2 aromatic rings. The van der Waals surface area contributed by atoms with Crippen molar-refractivity contribution in [3.8, 4) is 0 Å². The van der Waals surface area contributed by atoms with Crippen molar-refractivity contribution in [1.82, 2.24) is 14.9 Å². The lowest BCUT2D eigenvalue weighted by molar-refractivity contribution is -0.121. The summed E-state index contributed by atoms with van der Waals surface area (Å²) in [5.74, 6) is -0.113. The molecule has 6 nitrogen and oxygen atoms in total. The van der Waals surface area contributed by atoms with Crippen LogP contribution < -0.4 is 16.6 Å². The first-order valence-corrected chi connectivity index (χ1v) is 6.49. The third kappa shape index (κ3) is 2.74. The quantitative estimate of drug-likeness (QED) is 0.792. The summed E-state index contributed by atoms with van der Waals surface area (Å²) in [4.78, 5) is 28.3. The Morgan fingerprint density at radius 2 is 2.39 bits per heavy atom. The van der Waals surface area contributed by atoms with E-state index in [1.807, 2.05) is 5.38 Å². The number of hydrogen-bond donors (Lipinski definition) is 2. The van der Waals surface area contributed by atoms with E-state index in [2.05, 4.69) is 10.3 Å². The Morgan fingerprint density at radius 3 is 3.17 bits per heavy atom. The van der Waals surface area contributed by atoms with Gasteiger partial charge in [0.25, 0.3) is 5.56 Å². The average molecular weight is 266 g/mol. The van der Waals surface area contributed by atoms with Crippen LogP contribution in [0.1, 0.15) is 6.42 Å². The molecule has 2 rings (SSSR count). The zero-order valence-corrected chi connectivity index (χ0v) is 10.6. The van der Waals surface area contributed by atoms with Gasteiger partial charge in [-0.1, -0.05) is 0 Å². The minimum absolute atomic E-state index is 0.104. The van der Waals surface area contributed by atoms with Crippen molar-refractivity contribution >= 4 is 27.5 Å². The Hall–Kier alpha value is -1.73. The number of hydrogen-bond acceptors (Lipinski definition) is 5. The Labute approximate surface area is 107 Å². The number of aromatic nitrogens is 2. The van der Waals surface area contributed by atoms with Crippen LogP contribution in [0.15, 0.2) is 22.6 Å². The second-order valence-electron chi connectivity index (χ2n) is 3.77. The number of carbonyl (C=O) groups is 1. The first-order valence-electron chi connectivity index (χ1n) is 5.62. The highest BCUT2D eigenvalue weighted by Gasteiger charge is 2.06. The van der Waals surface area contributed by atoms with Gasteiger partial charge in [0.1, 0.15) is 4.83 Å². The molecule has 0 saturated heterocycles. The van der Waals surface area contributed by atoms with Crippen LogP contribution in [-0.4, -0.2) is 28.5 Å². The topological polar surface area (TPSA) is 90.0 Å². The minimum atomic E-state index is -0.113. The molecule has 1 amide bonds. The molecule has 7 heteroatoms. The van der Waals surface area contributed by atoms with E-state index in [0.717, 1.165) is 4.83 Å². The molecule has 0 unspecified atom stereocenters. The standard InChI is InChI=1S/C11H14N4O2S/c12-3-4-13-9(16)1-5-15-7-14-10-8(11(15)17)2-6-18-10/h2,6-7H,1,3-5,12H2,(H,13,16). The molecular weight excluding hydrogens is 252 g/mol. The summed E-state index contributed by atoms with van der Waals surface area (Å²) in [6.45, 7) is 1.19. The van der Waals surface area contributed by atoms with E-state index < -0.39 is 0 Å². The van der Waals surface area contributed by atoms with Crippen molar-refractivity contribution in [1.29, 1.82) is 0 Å². The highest BCUT2D eigenvalue weighted by atomic mass is 32.1. The Morgan fingerprint density at radius 1 is 1.56 bits per heavy atom. The van der Waals surface area contributed by atoms with Gasteiger partial charge in [0.15, 0.2) is 0 Å². The Bertz CT molecular complexity index is 604. The number of rotatable bonds is 5. The van der Waals surface area contributed by atoms with Gasteiger partial charge in [0, 0.05) is 26.1 Å². The summed E-state index contributed by atoms with van der Waals surface area (Å²) in [6.07, 6.45) is 1.73. The van der Waals surface area contributed by atoms with Crippen LogP contribution in [0.2, 0.25) is 0 Å². The van der Waals surface area contributed by atoms with Gasteiger partial charge in [0.2, 0.25) is 5.91 Å². The van der Waals surface area contributed by atoms with E-state index in [9.17, 15) is 9.59 Å². The zero-order valence-electron chi connectivity index (χ0n) is 9.76. The van der Waals surface area contributed by atoms with Crippen molar-refractivity contribution in [3.05, 3.63) is 28.1 Å². The predicted octanol–water partition coefficient (Wildman–Crippen LogP) is -0.0770. The van der Waals surface area contributed by atoms with Gasteiger partial charge in [-0.15, -0.1) is 11.3 Å². The molecular formula is C11H14N4O2S. The Balaban J connectivity index is 2.06. The molecule has 0 bridgehead atoms. The van der Waals surface area contributed by atoms with Crippen LogP contribution in [0.3, 0.4) is 0 Å². The van der Waals surface area contributed by atoms with Gasteiger partial charge in [-0.2, -0.15) is 0 Å². The average Bonchev–Trinajstić information content (AvgIpc) is 2.84. The molecule has 0 aliphatic heterocycles. The summed E-state index contributed by atoms with van der Waals surface area (Å²) >= 11 is 1.43. The fourth-order valence-electron chi connectivity index (χ4n) is 1.57. The molecule has 3 N–H and O–H groups in total. The molecule has 0 aliphatic rings. The van der Waals surface area contributed by atoms with Gasteiger partial charge in [-0.3, -0.25) is 14.2 Å². The summed E-state index contributed by atoms with van der Waals surface area (Å²) in [5, 5.41) is 5.09. The van der Waals surface area contributed by atoms with E-state index in [-0.39, 0.29) is 17.9 Å². The lowest BCUT2D eigenvalue weighted by Crippen LogP contribution is -2.31. The van der Waals surface area contributed by atoms with Gasteiger partial charge in [-0.25, -0.2) is 4.98 Å². The maximum atomic E-state index is 12.0. The van der Waals surface area contributed by atoms with Crippen LogP contribution in [0.4, 0.5) is 0 Å². The van der Waals surface area contributed by atoms with Crippen LogP contribution in [0.5, 0.6) is 0 Å². The second kappa shape index (κ2) is 5.74. The summed E-state index contributed by atoms with van der Waals surface area (Å²) in [7, 11) is 0. The lowest BCUT2D eigenvalue weighted by atomic mass is 10.3. The Kier molecular flexibility index (Phi) is 4.06. The molecule has 96 valence electrons. The molecule has 0 spiro atoms. The van der Waals surface area contributed by atoms with Gasteiger partial charge in [0.05, 0.1) is 11.7 Å². The lowest BCUT2D eigenvalue weighted by Gasteiger charge is -2.05. The van der Waals surface area contributed by atoms with Gasteiger partial charge < -0.3 is 11.1 Å². The van der Waals surface area contributed by atoms with E-state index >= 15 is 0 Å². The van der Waals surface area contributed by atoms with E-state index in [4.69, 9.17) is 5.73 Å². The monoisotopic (exact) mass is 266 g/mol. The van der Waals surface area contributed by atoms with E-state index in [1.165, 1.54) is 22.2 Å². The fourth-order valence-corrected chi connectivity index (χ4v) is 2.30. The number of nitrogens with two attached hydrogens (primary N) is 1. The number of nitrogens with one attached hydrogen (secondary N) is 1. The number of carbonyl (C=O) groups excluding carboxylic acids is 1. The zero-order chi connectivity index (χ0) is 13.0. The van der Waals surface area contributed by atoms with Crippen LogP contribution in [0.25, 0.3) is 10.2 Å². The molecule has 0 atom stereocenters. The highest BCUT2D eigenvalue weighted by Crippen LogP contribution is 2.13. The molecule has 2 aromatic heterocycles. The maximum absolute atomic E-state index is 12.0. The van der Waals surface area contributed by atoms with Gasteiger partial charge in [-0.05, 0) is 11.4 Å². The summed E-state index contributed by atoms with van der Waals surface area (Å²) < 4.78 is 1.46. The molecule has 0 aliphatic carbocycles. The van der Waals surface area contributed by atoms with Gasteiger partial charge >= 0.3 is 0 Å². The summed E-state index contributed by atoms with van der Waals surface area (Å²) in [5.41, 5.74) is 5.18. The first-order chi connectivity index (χ1) is 8.72. The maximum Gasteiger partial charge on any atom is 0.262 e. The van der Waals surface area contributed by atoms with Crippen molar-refractivity contribution in [2.45, 2.75) is 13.0 Å². The van der Waals surface area contributed by atoms with Crippen molar-refractivity contribution < 1.29 is 4.79 Å². The molecule has 0 radical (unpaired) electrons. The largest absolute Gasteiger partial charge is 0.355 e. The molecule has 18 heavy (non-hydrogen) atoms. The normalized spacial score (nSPS) is 10.7. The third-order valence-corrected chi connectivity index (χ3v) is 3.32. The fraction of sp³-hybridized carbons (Fsp3) is 0.364. The van der Waals surface area contributed by atoms with Crippen LogP contribution >= 0.6 is 11.3 Å². The molecule has 2 heterocycles. The highest BCUT2D eigenvalue weighted by molar-refractivity contribution is 7.16. The number of nitrogens with zero attached hydrogens (tertiary/aromatic N) is 2. The number of thiophene rings is 1. The van der Waals surface area contributed by atoms with E-state index in [0.29, 0.717) is 25.0 Å². The predicted molar refractivity (Wildman–Crippen MR) is 70.6 cm³/mol. The van der Waals surface area contributed by atoms with Crippen molar-refractivity contribution in [2.24, 2.45) is 5.73 Å². The first kappa shape index (κ1) is 12.7. The molecule has 0 saturated carbocycles. The number of amides is 1. The molecule has 0 fully saturated rings. The molecule has 0 aromatic carbocycles. The van der Waals surface area contributed by atoms with Crippen molar-refractivity contribution in [3.63, 3.8) is 0 Å². The van der Waals surface area contributed by atoms with E-state index in [1.54, 1.807) is 6.07 Å². The minimum Gasteiger partial charge on any atom is -0.355 e.